The average molecular weight is 249 g/mol. The van der Waals surface area contributed by atoms with Crippen molar-refractivity contribution in [3.05, 3.63) is 47.5 Å². The maximum absolute atomic E-state index is 13.6. The first-order chi connectivity index (χ1) is 8.69. The van der Waals surface area contributed by atoms with Gasteiger partial charge in [-0.05, 0) is 24.7 Å². The van der Waals surface area contributed by atoms with Gasteiger partial charge in [-0.1, -0.05) is 6.07 Å². The summed E-state index contributed by atoms with van der Waals surface area (Å²) >= 11 is 0. The summed E-state index contributed by atoms with van der Waals surface area (Å²) in [6.45, 7) is 0.912. The molecule has 4 nitrogen and oxygen atoms in total. The van der Waals surface area contributed by atoms with Gasteiger partial charge >= 0.3 is 0 Å². The standard InChI is InChI=1S/C13H16FN3O/c1-15-6-10-3-4-13(14)11(5-10)9-18-12-7-16-17(2)8-12/h3-5,7-8,15H,6,9H2,1-2H3. The molecule has 0 saturated heterocycles. The van der Waals surface area contributed by atoms with Crippen molar-refractivity contribution in [2.24, 2.45) is 7.05 Å². The van der Waals surface area contributed by atoms with Crippen LogP contribution in [0.1, 0.15) is 11.1 Å². The van der Waals surface area contributed by atoms with E-state index in [0.29, 0.717) is 17.9 Å². The van der Waals surface area contributed by atoms with Gasteiger partial charge in [0.25, 0.3) is 0 Å². The summed E-state index contributed by atoms with van der Waals surface area (Å²) in [6.07, 6.45) is 3.35. The molecule has 1 aromatic heterocycles. The van der Waals surface area contributed by atoms with Crippen LogP contribution in [-0.4, -0.2) is 16.8 Å². The molecule has 1 N–H and O–H groups in total. The van der Waals surface area contributed by atoms with Gasteiger partial charge in [0.1, 0.15) is 12.4 Å². The molecule has 0 aliphatic rings. The summed E-state index contributed by atoms with van der Waals surface area (Å²) in [4.78, 5) is 0. The van der Waals surface area contributed by atoms with Crippen LogP contribution in [0.5, 0.6) is 5.75 Å². The highest BCUT2D eigenvalue weighted by atomic mass is 19.1. The molecule has 0 saturated carbocycles. The zero-order valence-electron chi connectivity index (χ0n) is 10.5. The van der Waals surface area contributed by atoms with Gasteiger partial charge in [0.15, 0.2) is 5.75 Å². The summed E-state index contributed by atoms with van der Waals surface area (Å²) in [5, 5.41) is 7.02. The van der Waals surface area contributed by atoms with Crippen molar-refractivity contribution in [2.75, 3.05) is 7.05 Å². The lowest BCUT2D eigenvalue weighted by Crippen LogP contribution is -2.06. The van der Waals surface area contributed by atoms with Gasteiger partial charge in [-0.15, -0.1) is 0 Å². The van der Waals surface area contributed by atoms with E-state index in [9.17, 15) is 4.39 Å². The largest absolute Gasteiger partial charge is 0.486 e. The monoisotopic (exact) mass is 249 g/mol. The van der Waals surface area contributed by atoms with Gasteiger partial charge in [-0.3, -0.25) is 4.68 Å². The molecule has 96 valence electrons. The van der Waals surface area contributed by atoms with Crippen LogP contribution in [0.15, 0.2) is 30.6 Å². The Labute approximate surface area is 105 Å². The van der Waals surface area contributed by atoms with Gasteiger partial charge in [-0.2, -0.15) is 5.10 Å². The van der Waals surface area contributed by atoms with Crippen LogP contribution >= 0.6 is 0 Å². The number of aryl methyl sites for hydroxylation is 1. The lowest BCUT2D eigenvalue weighted by atomic mass is 10.1. The Morgan fingerprint density at radius 1 is 1.44 bits per heavy atom. The molecular formula is C13H16FN3O. The van der Waals surface area contributed by atoms with Crippen molar-refractivity contribution < 1.29 is 9.13 Å². The fraction of sp³-hybridized carbons (Fsp3) is 0.308. The van der Waals surface area contributed by atoms with Gasteiger partial charge in [0.05, 0.1) is 12.4 Å². The second kappa shape index (κ2) is 5.64. The number of hydrogen-bond acceptors (Lipinski definition) is 3. The first-order valence-electron chi connectivity index (χ1n) is 5.72. The summed E-state index contributed by atoms with van der Waals surface area (Å²) in [5.41, 5.74) is 1.58. The summed E-state index contributed by atoms with van der Waals surface area (Å²) < 4.78 is 20.7. The Bertz CT molecular complexity index is 525. The van der Waals surface area contributed by atoms with Crippen LogP contribution in [0.25, 0.3) is 0 Å². The minimum atomic E-state index is -0.251. The molecule has 0 atom stereocenters. The highest BCUT2D eigenvalue weighted by Gasteiger charge is 2.05. The van der Waals surface area contributed by atoms with Gasteiger partial charge < -0.3 is 10.1 Å². The van der Waals surface area contributed by atoms with E-state index in [-0.39, 0.29) is 12.4 Å². The zero-order chi connectivity index (χ0) is 13.0. The molecule has 0 unspecified atom stereocenters. The SMILES string of the molecule is CNCc1ccc(F)c(COc2cnn(C)c2)c1. The number of nitrogens with zero attached hydrogens (tertiary/aromatic N) is 2. The fourth-order valence-electron chi connectivity index (χ4n) is 1.69. The number of halogens is 1. The summed E-state index contributed by atoms with van der Waals surface area (Å²) in [6, 6.07) is 5.04. The smallest absolute Gasteiger partial charge is 0.157 e. The lowest BCUT2D eigenvalue weighted by molar-refractivity contribution is 0.299. The van der Waals surface area contributed by atoms with Crippen LogP contribution < -0.4 is 10.1 Å². The molecule has 0 bridgehead atoms. The number of hydrogen-bond donors (Lipinski definition) is 1. The molecule has 18 heavy (non-hydrogen) atoms. The topological polar surface area (TPSA) is 39.1 Å². The minimum Gasteiger partial charge on any atom is -0.486 e. The van der Waals surface area contributed by atoms with E-state index in [1.807, 2.05) is 13.1 Å². The van der Waals surface area contributed by atoms with E-state index >= 15 is 0 Å². The maximum Gasteiger partial charge on any atom is 0.157 e. The molecule has 0 aliphatic carbocycles. The Balaban J connectivity index is 2.05. The van der Waals surface area contributed by atoms with Crippen molar-refractivity contribution in [1.82, 2.24) is 15.1 Å². The number of nitrogens with one attached hydrogen (secondary N) is 1. The Hall–Kier alpha value is -1.88. The molecule has 2 aromatic rings. The van der Waals surface area contributed by atoms with Crippen molar-refractivity contribution >= 4 is 0 Å². The van der Waals surface area contributed by atoms with E-state index in [4.69, 9.17) is 4.74 Å². The van der Waals surface area contributed by atoms with E-state index in [2.05, 4.69) is 10.4 Å². The van der Waals surface area contributed by atoms with Crippen LogP contribution in [0.3, 0.4) is 0 Å². The number of rotatable bonds is 5. The second-order valence-corrected chi connectivity index (χ2v) is 4.09. The van der Waals surface area contributed by atoms with Gasteiger partial charge in [-0.25, -0.2) is 4.39 Å². The summed E-state index contributed by atoms with van der Waals surface area (Å²) in [7, 11) is 3.66. The Kier molecular flexibility index (Phi) is 3.94. The third-order valence-corrected chi connectivity index (χ3v) is 2.57. The fourth-order valence-corrected chi connectivity index (χ4v) is 1.69. The highest BCUT2D eigenvalue weighted by Crippen LogP contribution is 2.15. The van der Waals surface area contributed by atoms with E-state index in [1.165, 1.54) is 6.07 Å². The first-order valence-corrected chi connectivity index (χ1v) is 5.72. The third kappa shape index (κ3) is 3.07. The Morgan fingerprint density at radius 2 is 2.28 bits per heavy atom. The van der Waals surface area contributed by atoms with Crippen LogP contribution in [0.4, 0.5) is 4.39 Å². The second-order valence-electron chi connectivity index (χ2n) is 4.09. The molecule has 0 aliphatic heterocycles. The van der Waals surface area contributed by atoms with Crippen molar-refractivity contribution in [2.45, 2.75) is 13.2 Å². The van der Waals surface area contributed by atoms with Crippen LogP contribution in [0.2, 0.25) is 0 Å². The average Bonchev–Trinajstić information content (AvgIpc) is 2.76. The van der Waals surface area contributed by atoms with Crippen molar-refractivity contribution in [3.63, 3.8) is 0 Å². The van der Waals surface area contributed by atoms with Crippen molar-refractivity contribution in [3.8, 4) is 5.75 Å². The third-order valence-electron chi connectivity index (χ3n) is 2.57. The summed E-state index contributed by atoms with van der Waals surface area (Å²) in [5.74, 6) is 0.384. The molecule has 1 heterocycles. The van der Waals surface area contributed by atoms with E-state index < -0.39 is 0 Å². The highest BCUT2D eigenvalue weighted by molar-refractivity contribution is 5.25. The van der Waals surface area contributed by atoms with Crippen molar-refractivity contribution in [1.29, 1.82) is 0 Å². The van der Waals surface area contributed by atoms with Gasteiger partial charge in [0.2, 0.25) is 0 Å². The molecule has 0 amide bonds. The zero-order valence-corrected chi connectivity index (χ0v) is 10.5. The normalized spacial score (nSPS) is 10.6. The lowest BCUT2D eigenvalue weighted by Gasteiger charge is -2.07. The molecular weight excluding hydrogens is 233 g/mol. The maximum atomic E-state index is 13.6. The predicted molar refractivity (Wildman–Crippen MR) is 66.7 cm³/mol. The Morgan fingerprint density at radius 3 is 2.94 bits per heavy atom. The number of benzene rings is 1. The van der Waals surface area contributed by atoms with E-state index in [1.54, 1.807) is 30.2 Å². The van der Waals surface area contributed by atoms with E-state index in [0.717, 1.165) is 5.56 Å². The molecule has 0 spiro atoms. The number of aromatic nitrogens is 2. The van der Waals surface area contributed by atoms with Crippen LogP contribution in [0, 0.1) is 5.82 Å². The van der Waals surface area contributed by atoms with Gasteiger partial charge in [0, 0.05) is 19.2 Å². The number of ether oxygens (including phenoxy) is 1. The molecule has 5 heteroatoms. The molecule has 0 fully saturated rings. The first kappa shape index (κ1) is 12.6. The van der Waals surface area contributed by atoms with Crippen LogP contribution in [-0.2, 0) is 20.2 Å². The molecule has 1 aromatic carbocycles. The quantitative estimate of drug-likeness (QED) is 0.879. The molecule has 2 rings (SSSR count). The molecule has 0 radical (unpaired) electrons. The predicted octanol–water partition coefficient (Wildman–Crippen LogP) is 1.86. The minimum absolute atomic E-state index is 0.203.